The summed E-state index contributed by atoms with van der Waals surface area (Å²) < 4.78 is 27.3. The van der Waals surface area contributed by atoms with E-state index in [1.54, 1.807) is 31.2 Å². The Hall–Kier alpha value is -2.94. The molecule has 0 bridgehead atoms. The SMILES string of the molecule is Cc1cccc(N(CCCC(=O)O)S(=O)(=O)c2ccccc2[N+](=O)[O-])c1. The van der Waals surface area contributed by atoms with Crippen LogP contribution in [0.1, 0.15) is 18.4 Å². The van der Waals surface area contributed by atoms with Crippen LogP contribution in [0.2, 0.25) is 0 Å². The second kappa shape index (κ2) is 7.96. The Balaban J connectivity index is 2.53. The summed E-state index contributed by atoms with van der Waals surface area (Å²) in [6.07, 6.45) is -0.141. The number of para-hydroxylation sites is 1. The maximum Gasteiger partial charge on any atom is 0.303 e. The van der Waals surface area contributed by atoms with Crippen LogP contribution in [0.3, 0.4) is 0 Å². The van der Waals surface area contributed by atoms with E-state index in [1.165, 1.54) is 18.2 Å². The third kappa shape index (κ3) is 4.37. The van der Waals surface area contributed by atoms with E-state index < -0.39 is 31.5 Å². The van der Waals surface area contributed by atoms with Crippen molar-refractivity contribution in [2.45, 2.75) is 24.7 Å². The van der Waals surface area contributed by atoms with Gasteiger partial charge in [0, 0.05) is 19.0 Å². The predicted octanol–water partition coefficient (Wildman–Crippen LogP) is 2.96. The molecule has 0 amide bonds. The van der Waals surface area contributed by atoms with E-state index in [9.17, 15) is 23.3 Å². The van der Waals surface area contributed by atoms with Crippen LogP contribution >= 0.6 is 0 Å². The molecule has 0 saturated carbocycles. The lowest BCUT2D eigenvalue weighted by molar-refractivity contribution is -0.387. The smallest absolute Gasteiger partial charge is 0.303 e. The van der Waals surface area contributed by atoms with E-state index in [2.05, 4.69) is 0 Å². The molecule has 0 unspecified atom stereocenters. The number of aryl methyl sites for hydroxylation is 1. The molecule has 26 heavy (non-hydrogen) atoms. The molecule has 0 saturated heterocycles. The highest BCUT2D eigenvalue weighted by Crippen LogP contribution is 2.30. The van der Waals surface area contributed by atoms with Gasteiger partial charge in [0.05, 0.1) is 10.6 Å². The Bertz CT molecular complexity index is 926. The van der Waals surface area contributed by atoms with Crippen LogP contribution in [0.15, 0.2) is 53.4 Å². The largest absolute Gasteiger partial charge is 0.481 e. The standard InChI is InChI=1S/C17H18N2O6S/c1-13-6-4-7-14(12-13)18(11-5-10-17(20)21)26(24,25)16-9-3-2-8-15(16)19(22)23/h2-4,6-9,12H,5,10-11H2,1H3,(H,20,21). The average molecular weight is 378 g/mol. The summed E-state index contributed by atoms with van der Waals surface area (Å²) in [4.78, 5) is 20.8. The van der Waals surface area contributed by atoms with Crippen molar-refractivity contribution < 1.29 is 23.2 Å². The molecule has 138 valence electrons. The molecule has 0 spiro atoms. The summed E-state index contributed by atoms with van der Waals surface area (Å²) in [5.41, 5.74) is 0.612. The lowest BCUT2D eigenvalue weighted by Gasteiger charge is -2.24. The summed E-state index contributed by atoms with van der Waals surface area (Å²) in [6.45, 7) is 1.68. The quantitative estimate of drug-likeness (QED) is 0.557. The highest BCUT2D eigenvalue weighted by Gasteiger charge is 2.31. The monoisotopic (exact) mass is 378 g/mol. The van der Waals surface area contributed by atoms with Gasteiger partial charge in [-0.05, 0) is 37.1 Å². The van der Waals surface area contributed by atoms with Crippen LogP contribution in [0.5, 0.6) is 0 Å². The Labute approximate surface area is 150 Å². The van der Waals surface area contributed by atoms with Gasteiger partial charge in [0.25, 0.3) is 15.7 Å². The van der Waals surface area contributed by atoms with Crippen LogP contribution in [-0.2, 0) is 14.8 Å². The van der Waals surface area contributed by atoms with Crippen molar-refractivity contribution in [3.8, 4) is 0 Å². The molecule has 0 aliphatic heterocycles. The highest BCUT2D eigenvalue weighted by atomic mass is 32.2. The third-order valence-electron chi connectivity index (χ3n) is 3.67. The topological polar surface area (TPSA) is 118 Å². The zero-order valence-corrected chi connectivity index (χ0v) is 14.8. The minimum atomic E-state index is -4.25. The number of rotatable bonds is 8. The fourth-order valence-corrected chi connectivity index (χ4v) is 4.15. The number of benzene rings is 2. The molecule has 0 heterocycles. The average Bonchev–Trinajstić information content (AvgIpc) is 2.58. The first-order valence-corrected chi connectivity index (χ1v) is 9.22. The molecule has 2 aromatic rings. The molecule has 0 atom stereocenters. The van der Waals surface area contributed by atoms with Crippen molar-refractivity contribution in [1.29, 1.82) is 0 Å². The maximum absolute atomic E-state index is 13.1. The molecule has 0 fully saturated rings. The highest BCUT2D eigenvalue weighted by molar-refractivity contribution is 7.93. The summed E-state index contributed by atoms with van der Waals surface area (Å²) in [5, 5.41) is 20.1. The van der Waals surface area contributed by atoms with Crippen LogP contribution in [0.4, 0.5) is 11.4 Å². The summed E-state index contributed by atoms with van der Waals surface area (Å²) in [7, 11) is -4.25. The van der Waals surface area contributed by atoms with Gasteiger partial charge in [-0.25, -0.2) is 8.42 Å². The van der Waals surface area contributed by atoms with E-state index in [1.807, 2.05) is 0 Å². The normalized spacial score (nSPS) is 11.1. The molecule has 0 aromatic heterocycles. The molecule has 0 radical (unpaired) electrons. The van der Waals surface area contributed by atoms with Gasteiger partial charge in [0.1, 0.15) is 0 Å². The van der Waals surface area contributed by atoms with Crippen molar-refractivity contribution >= 4 is 27.4 Å². The molecular weight excluding hydrogens is 360 g/mol. The summed E-state index contributed by atoms with van der Waals surface area (Å²) in [5.74, 6) is -1.04. The second-order valence-electron chi connectivity index (χ2n) is 5.64. The van der Waals surface area contributed by atoms with Crippen LogP contribution in [-0.4, -0.2) is 31.0 Å². The third-order valence-corrected chi connectivity index (χ3v) is 5.55. The lowest BCUT2D eigenvalue weighted by Crippen LogP contribution is -2.32. The minimum absolute atomic E-state index is 0.0726. The Morgan fingerprint density at radius 1 is 1.19 bits per heavy atom. The molecule has 2 rings (SSSR count). The Morgan fingerprint density at radius 2 is 1.88 bits per heavy atom. The van der Waals surface area contributed by atoms with Crippen LogP contribution in [0.25, 0.3) is 0 Å². The number of nitro groups is 1. The van der Waals surface area contributed by atoms with Gasteiger partial charge in [-0.15, -0.1) is 0 Å². The molecule has 1 N–H and O–H groups in total. The molecule has 2 aromatic carbocycles. The number of sulfonamides is 1. The van der Waals surface area contributed by atoms with E-state index >= 15 is 0 Å². The number of carboxylic acid groups (broad SMARTS) is 1. The maximum atomic E-state index is 13.1. The van der Waals surface area contributed by atoms with E-state index in [0.29, 0.717) is 5.69 Å². The second-order valence-corrected chi connectivity index (χ2v) is 7.47. The fourth-order valence-electron chi connectivity index (χ4n) is 2.49. The van der Waals surface area contributed by atoms with Crippen molar-refractivity contribution in [3.63, 3.8) is 0 Å². The van der Waals surface area contributed by atoms with Gasteiger partial charge in [0.15, 0.2) is 4.90 Å². The summed E-state index contributed by atoms with van der Waals surface area (Å²) in [6, 6.07) is 11.8. The zero-order chi connectivity index (χ0) is 19.3. The number of carbonyl (C=O) groups is 1. The first-order valence-electron chi connectivity index (χ1n) is 7.78. The van der Waals surface area contributed by atoms with Gasteiger partial charge >= 0.3 is 5.97 Å². The van der Waals surface area contributed by atoms with Gasteiger partial charge in [-0.1, -0.05) is 24.3 Å². The van der Waals surface area contributed by atoms with E-state index in [4.69, 9.17) is 5.11 Å². The molecule has 9 heteroatoms. The number of anilines is 1. The number of nitro benzene ring substituents is 1. The van der Waals surface area contributed by atoms with Gasteiger partial charge in [0.2, 0.25) is 0 Å². The Kier molecular flexibility index (Phi) is 5.93. The minimum Gasteiger partial charge on any atom is -0.481 e. The zero-order valence-electron chi connectivity index (χ0n) is 14.0. The fraction of sp³-hybridized carbons (Fsp3) is 0.235. The van der Waals surface area contributed by atoms with Crippen molar-refractivity contribution in [2.75, 3.05) is 10.8 Å². The first-order chi connectivity index (χ1) is 12.2. The van der Waals surface area contributed by atoms with Gasteiger partial charge < -0.3 is 5.11 Å². The van der Waals surface area contributed by atoms with E-state index in [0.717, 1.165) is 15.9 Å². The van der Waals surface area contributed by atoms with E-state index in [-0.39, 0.29) is 19.4 Å². The number of aliphatic carboxylic acids is 1. The summed E-state index contributed by atoms with van der Waals surface area (Å²) >= 11 is 0. The van der Waals surface area contributed by atoms with Gasteiger partial charge in [-0.2, -0.15) is 0 Å². The first kappa shape index (κ1) is 19.4. The number of hydrogen-bond donors (Lipinski definition) is 1. The van der Waals surface area contributed by atoms with Crippen LogP contribution < -0.4 is 4.31 Å². The lowest BCUT2D eigenvalue weighted by atomic mass is 10.2. The van der Waals surface area contributed by atoms with Gasteiger partial charge in [-0.3, -0.25) is 19.2 Å². The Morgan fingerprint density at radius 3 is 2.50 bits per heavy atom. The van der Waals surface area contributed by atoms with Crippen molar-refractivity contribution in [2.24, 2.45) is 0 Å². The number of carboxylic acids is 1. The molecular formula is C17H18N2O6S. The number of hydrogen-bond acceptors (Lipinski definition) is 5. The number of nitrogens with zero attached hydrogens (tertiary/aromatic N) is 2. The van der Waals surface area contributed by atoms with Crippen molar-refractivity contribution in [3.05, 3.63) is 64.2 Å². The molecule has 0 aliphatic carbocycles. The molecule has 0 aliphatic rings. The van der Waals surface area contributed by atoms with Crippen molar-refractivity contribution in [1.82, 2.24) is 0 Å². The predicted molar refractivity (Wildman–Crippen MR) is 95.7 cm³/mol. The molecule has 8 nitrogen and oxygen atoms in total. The van der Waals surface area contributed by atoms with Crippen LogP contribution in [0, 0.1) is 17.0 Å².